The van der Waals surface area contributed by atoms with Crippen LogP contribution < -0.4 is 15.8 Å². The molecule has 4 rings (SSSR count). The Bertz CT molecular complexity index is 827. The molecular formula is C20H26FN5O. The second-order valence-corrected chi connectivity index (χ2v) is 7.28. The van der Waals surface area contributed by atoms with Gasteiger partial charge in [0.15, 0.2) is 0 Å². The average Bonchev–Trinajstić information content (AvgIpc) is 3.16. The summed E-state index contributed by atoms with van der Waals surface area (Å²) in [4.78, 5) is 24.1. The Kier molecular flexibility index (Phi) is 5.38. The first-order valence-electron chi connectivity index (χ1n) is 9.78. The molecule has 0 atom stereocenters. The van der Waals surface area contributed by atoms with Gasteiger partial charge < -0.3 is 10.2 Å². The van der Waals surface area contributed by atoms with Crippen LogP contribution in [0.4, 0.5) is 16.0 Å². The molecule has 0 unspecified atom stereocenters. The normalized spacial score (nSPS) is 17.1. The van der Waals surface area contributed by atoms with Gasteiger partial charge in [-0.05, 0) is 56.5 Å². The van der Waals surface area contributed by atoms with E-state index in [4.69, 9.17) is 0 Å². The first-order chi connectivity index (χ1) is 13.2. The van der Waals surface area contributed by atoms with Crippen LogP contribution in [0.3, 0.4) is 0 Å². The van der Waals surface area contributed by atoms with Gasteiger partial charge >= 0.3 is 0 Å². The summed E-state index contributed by atoms with van der Waals surface area (Å²) in [6.45, 7) is 5.73. The quantitative estimate of drug-likeness (QED) is 0.761. The molecule has 2 aliphatic rings. The van der Waals surface area contributed by atoms with Crippen molar-refractivity contribution in [2.75, 3.05) is 49.5 Å². The molecule has 0 bridgehead atoms. The summed E-state index contributed by atoms with van der Waals surface area (Å²) in [6, 6.07) is 6.73. The molecule has 144 valence electrons. The fraction of sp³-hybridized carbons (Fsp3) is 0.500. The van der Waals surface area contributed by atoms with Crippen molar-refractivity contribution in [3.05, 3.63) is 51.7 Å². The molecule has 0 saturated carbocycles. The van der Waals surface area contributed by atoms with Gasteiger partial charge in [0.1, 0.15) is 5.82 Å². The Hall–Kier alpha value is -2.41. The molecule has 0 spiro atoms. The highest BCUT2D eigenvalue weighted by molar-refractivity contribution is 5.46. The van der Waals surface area contributed by atoms with Crippen LogP contribution in [0, 0.1) is 5.82 Å². The smallest absolute Gasteiger partial charge is 0.255 e. The Morgan fingerprint density at radius 2 is 1.89 bits per heavy atom. The van der Waals surface area contributed by atoms with Crippen LogP contribution in [0.5, 0.6) is 0 Å². The standard InChI is InChI=1S/C20H26FN5O/c21-15-5-7-16(8-6-15)26-13-11-25(12-14-26)10-2-9-22-20-23-18-4-1-3-17(18)19(27)24-20/h5-8H,1-4,9-14H2,(H2,22,23,24,27). The van der Waals surface area contributed by atoms with Crippen LogP contribution in [-0.4, -0.2) is 54.1 Å². The van der Waals surface area contributed by atoms with Crippen molar-refractivity contribution in [2.45, 2.75) is 25.7 Å². The summed E-state index contributed by atoms with van der Waals surface area (Å²) in [6.07, 6.45) is 3.78. The predicted molar refractivity (Wildman–Crippen MR) is 105 cm³/mol. The van der Waals surface area contributed by atoms with Crippen molar-refractivity contribution in [3.63, 3.8) is 0 Å². The van der Waals surface area contributed by atoms with Crippen LogP contribution in [0.1, 0.15) is 24.1 Å². The molecule has 2 heterocycles. The number of anilines is 2. The van der Waals surface area contributed by atoms with E-state index in [2.05, 4.69) is 25.1 Å². The molecule has 7 heteroatoms. The summed E-state index contributed by atoms with van der Waals surface area (Å²) >= 11 is 0. The molecule has 1 aromatic heterocycles. The third-order valence-corrected chi connectivity index (χ3v) is 5.45. The molecule has 1 aliphatic carbocycles. The lowest BCUT2D eigenvalue weighted by Crippen LogP contribution is -2.46. The minimum Gasteiger partial charge on any atom is -0.369 e. The number of fused-ring (bicyclic) bond motifs is 1. The number of aromatic amines is 1. The summed E-state index contributed by atoms with van der Waals surface area (Å²) in [5.74, 6) is 0.408. The number of aromatic nitrogens is 2. The number of H-pyrrole nitrogens is 1. The number of nitrogens with one attached hydrogen (secondary N) is 2. The summed E-state index contributed by atoms with van der Waals surface area (Å²) < 4.78 is 13.0. The lowest BCUT2D eigenvalue weighted by molar-refractivity contribution is 0.257. The minimum absolute atomic E-state index is 0.0110. The molecule has 1 aromatic carbocycles. The zero-order chi connectivity index (χ0) is 18.6. The van der Waals surface area contributed by atoms with Gasteiger partial charge in [-0.1, -0.05) is 0 Å². The van der Waals surface area contributed by atoms with Crippen molar-refractivity contribution in [3.8, 4) is 0 Å². The van der Waals surface area contributed by atoms with Gasteiger partial charge in [-0.25, -0.2) is 9.37 Å². The van der Waals surface area contributed by atoms with Crippen LogP contribution >= 0.6 is 0 Å². The van der Waals surface area contributed by atoms with E-state index in [1.165, 1.54) is 12.1 Å². The molecule has 6 nitrogen and oxygen atoms in total. The maximum atomic E-state index is 13.0. The van der Waals surface area contributed by atoms with E-state index in [0.29, 0.717) is 5.95 Å². The Morgan fingerprint density at radius 3 is 2.67 bits per heavy atom. The van der Waals surface area contributed by atoms with Gasteiger partial charge in [0.2, 0.25) is 5.95 Å². The molecule has 2 aromatic rings. The van der Waals surface area contributed by atoms with Crippen molar-refractivity contribution < 1.29 is 4.39 Å². The molecule has 1 saturated heterocycles. The molecular weight excluding hydrogens is 345 g/mol. The van der Waals surface area contributed by atoms with E-state index in [0.717, 1.165) is 81.9 Å². The summed E-state index contributed by atoms with van der Waals surface area (Å²) in [5, 5.41) is 3.26. The molecule has 1 aliphatic heterocycles. The fourth-order valence-electron chi connectivity index (χ4n) is 3.92. The van der Waals surface area contributed by atoms with Crippen molar-refractivity contribution in [2.24, 2.45) is 0 Å². The van der Waals surface area contributed by atoms with E-state index < -0.39 is 0 Å². The zero-order valence-corrected chi connectivity index (χ0v) is 15.5. The fourth-order valence-corrected chi connectivity index (χ4v) is 3.92. The number of hydrogen-bond acceptors (Lipinski definition) is 5. The highest BCUT2D eigenvalue weighted by atomic mass is 19.1. The Morgan fingerprint density at radius 1 is 1.11 bits per heavy atom. The van der Waals surface area contributed by atoms with Gasteiger partial charge in [-0.15, -0.1) is 0 Å². The highest BCUT2D eigenvalue weighted by Gasteiger charge is 2.18. The predicted octanol–water partition coefficient (Wildman–Crippen LogP) is 2.02. The van der Waals surface area contributed by atoms with Gasteiger partial charge in [0, 0.05) is 44.0 Å². The molecule has 27 heavy (non-hydrogen) atoms. The molecule has 2 N–H and O–H groups in total. The third-order valence-electron chi connectivity index (χ3n) is 5.45. The number of rotatable bonds is 6. The molecule has 0 amide bonds. The van der Waals surface area contributed by atoms with Crippen LogP contribution in [0.25, 0.3) is 0 Å². The lowest BCUT2D eigenvalue weighted by Gasteiger charge is -2.36. The topological polar surface area (TPSA) is 64.3 Å². The van der Waals surface area contributed by atoms with Crippen LogP contribution in [0.2, 0.25) is 0 Å². The second kappa shape index (κ2) is 8.08. The molecule has 1 fully saturated rings. The number of halogens is 1. The third kappa shape index (κ3) is 4.30. The number of piperazine rings is 1. The van der Waals surface area contributed by atoms with Crippen molar-refractivity contribution >= 4 is 11.6 Å². The van der Waals surface area contributed by atoms with Gasteiger partial charge in [0.25, 0.3) is 5.56 Å². The molecule has 0 radical (unpaired) electrons. The SMILES string of the molecule is O=c1[nH]c(NCCCN2CCN(c3ccc(F)cc3)CC2)nc2c1CCC2. The average molecular weight is 371 g/mol. The van der Waals surface area contributed by atoms with Crippen LogP contribution in [0.15, 0.2) is 29.1 Å². The van der Waals surface area contributed by atoms with E-state index in [-0.39, 0.29) is 11.4 Å². The maximum Gasteiger partial charge on any atom is 0.255 e. The van der Waals surface area contributed by atoms with Gasteiger partial charge in [0.05, 0.1) is 5.69 Å². The van der Waals surface area contributed by atoms with Crippen molar-refractivity contribution in [1.29, 1.82) is 0 Å². The first kappa shape index (κ1) is 18.0. The van der Waals surface area contributed by atoms with E-state index in [9.17, 15) is 9.18 Å². The lowest BCUT2D eigenvalue weighted by atomic mass is 10.2. The first-order valence-corrected chi connectivity index (χ1v) is 9.78. The number of hydrogen-bond donors (Lipinski definition) is 2. The number of benzene rings is 1. The monoisotopic (exact) mass is 371 g/mol. The Labute approximate surface area is 158 Å². The van der Waals surface area contributed by atoms with Gasteiger partial charge in [-0.2, -0.15) is 0 Å². The highest BCUT2D eigenvalue weighted by Crippen LogP contribution is 2.18. The number of aryl methyl sites for hydroxylation is 1. The Balaban J connectivity index is 1.19. The summed E-state index contributed by atoms with van der Waals surface area (Å²) in [5.41, 5.74) is 2.92. The van der Waals surface area contributed by atoms with Crippen LogP contribution in [-0.2, 0) is 12.8 Å². The maximum absolute atomic E-state index is 13.0. The minimum atomic E-state index is -0.191. The zero-order valence-electron chi connectivity index (χ0n) is 15.5. The second-order valence-electron chi connectivity index (χ2n) is 7.28. The summed E-state index contributed by atoms with van der Waals surface area (Å²) in [7, 11) is 0. The number of nitrogens with zero attached hydrogens (tertiary/aromatic N) is 3. The van der Waals surface area contributed by atoms with E-state index in [1.54, 1.807) is 0 Å². The largest absolute Gasteiger partial charge is 0.369 e. The van der Waals surface area contributed by atoms with E-state index in [1.807, 2.05) is 12.1 Å². The van der Waals surface area contributed by atoms with Crippen molar-refractivity contribution in [1.82, 2.24) is 14.9 Å². The van der Waals surface area contributed by atoms with Gasteiger partial charge in [-0.3, -0.25) is 14.7 Å². The van der Waals surface area contributed by atoms with E-state index >= 15 is 0 Å².